The Hall–Kier alpha value is -5.50. The van der Waals surface area contributed by atoms with E-state index in [4.69, 9.17) is 32.4 Å². The largest absolute Gasteiger partial charge is 0.390 e. The summed E-state index contributed by atoms with van der Waals surface area (Å²) >= 11 is 6.88. The molecule has 10 N–H and O–H groups in total. The molecule has 16 nitrogen and oxygen atoms in total. The van der Waals surface area contributed by atoms with Crippen LogP contribution in [0.5, 0.6) is 0 Å². The molecular formula is C49H54Br2N12O4. The minimum absolute atomic E-state index is 0.0238. The van der Waals surface area contributed by atoms with Gasteiger partial charge in [0.15, 0.2) is 5.79 Å². The zero-order chi connectivity index (χ0) is 47.2. The third-order valence-corrected chi connectivity index (χ3v) is 15.7. The number of rotatable bonds is 8. The van der Waals surface area contributed by atoms with Crippen molar-refractivity contribution in [2.75, 3.05) is 22.9 Å². The van der Waals surface area contributed by atoms with Gasteiger partial charge in [0.25, 0.3) is 0 Å². The van der Waals surface area contributed by atoms with E-state index in [2.05, 4.69) is 104 Å². The third kappa shape index (κ3) is 8.24. The summed E-state index contributed by atoms with van der Waals surface area (Å²) in [5, 5.41) is 25.6. The highest BCUT2D eigenvalue weighted by Crippen LogP contribution is 2.56. The van der Waals surface area contributed by atoms with Crippen LogP contribution in [-0.2, 0) is 22.3 Å². The molecular weight excluding hydrogens is 980 g/mol. The minimum Gasteiger partial charge on any atom is -0.390 e. The highest BCUT2D eigenvalue weighted by molar-refractivity contribution is 9.11. The Morgan fingerprint density at radius 1 is 0.627 bits per heavy atom. The summed E-state index contributed by atoms with van der Waals surface area (Å²) in [5.41, 5.74) is 29.1. The van der Waals surface area contributed by atoms with E-state index in [0.717, 1.165) is 84.8 Å². The van der Waals surface area contributed by atoms with Crippen molar-refractivity contribution in [1.29, 1.82) is 0 Å². The fourth-order valence-electron chi connectivity index (χ4n) is 10.8. The van der Waals surface area contributed by atoms with E-state index in [0.29, 0.717) is 35.3 Å². The van der Waals surface area contributed by atoms with E-state index in [1.54, 1.807) is 0 Å². The van der Waals surface area contributed by atoms with Crippen LogP contribution < -0.4 is 22.9 Å². The van der Waals surface area contributed by atoms with Crippen LogP contribution in [0.3, 0.4) is 0 Å². The quantitative estimate of drug-likeness (QED) is 0.0839. The number of aryl methyl sites for hydroxylation is 2. The van der Waals surface area contributed by atoms with Gasteiger partial charge in [-0.05, 0) is 143 Å². The lowest BCUT2D eigenvalue weighted by atomic mass is 9.80. The zero-order valence-electron chi connectivity index (χ0n) is 37.6. The number of aliphatic hydroxyl groups is 2. The average molecular weight is 1030 g/mol. The number of aromatic nitrogens is 8. The Bertz CT molecular complexity index is 3200. The molecule has 8 atom stereocenters. The number of aliphatic hydroxyl groups excluding tert-OH is 2. The van der Waals surface area contributed by atoms with E-state index in [1.165, 1.54) is 18.2 Å². The number of benzene rings is 2. The SMILES string of the molecule is CC1(C)O[C@H]2[C@H](n3ccc4c(N)ncnc43)C[C@](C)(CCc3ccc4cc(Br)c(N)nc4c3)[C@H]2O1.C[C@]1(CCc2ccc3cc(Br)c(N)nc3c2)C[C@@H](n2ccc3c(N)ncnc32)[C@H](O)[C@@H]1O. The maximum Gasteiger partial charge on any atom is 0.163 e. The van der Waals surface area contributed by atoms with Crippen molar-refractivity contribution in [3.8, 4) is 0 Å². The maximum atomic E-state index is 11.0. The van der Waals surface area contributed by atoms with Crippen LogP contribution in [0.4, 0.5) is 23.3 Å². The number of nitrogen functional groups attached to an aromatic ring is 4. The van der Waals surface area contributed by atoms with E-state index < -0.39 is 23.4 Å². The first kappa shape index (κ1) is 45.3. The van der Waals surface area contributed by atoms with Crippen LogP contribution in [0.1, 0.15) is 76.6 Å². The van der Waals surface area contributed by atoms with Crippen molar-refractivity contribution in [1.82, 2.24) is 39.0 Å². The smallest absolute Gasteiger partial charge is 0.163 e. The van der Waals surface area contributed by atoms with Gasteiger partial charge in [0.1, 0.15) is 59.4 Å². The molecule has 348 valence electrons. The number of nitrogens with zero attached hydrogens (tertiary/aromatic N) is 8. The first-order valence-corrected chi connectivity index (χ1v) is 24.0. The van der Waals surface area contributed by atoms with E-state index >= 15 is 0 Å². The number of fused-ring (bicyclic) bond motifs is 5. The summed E-state index contributed by atoms with van der Waals surface area (Å²) in [5.74, 6) is 1.23. The number of ether oxygens (including phenoxy) is 2. The van der Waals surface area contributed by atoms with Crippen molar-refractivity contribution < 1.29 is 19.7 Å². The Balaban J connectivity index is 0.000000157. The van der Waals surface area contributed by atoms with Crippen molar-refractivity contribution in [2.24, 2.45) is 10.8 Å². The second-order valence-corrected chi connectivity index (χ2v) is 21.2. The van der Waals surface area contributed by atoms with Crippen LogP contribution in [0.15, 0.2) is 94.7 Å². The lowest BCUT2D eigenvalue weighted by Crippen LogP contribution is -2.35. The number of anilines is 4. The monoisotopic (exact) mass is 1030 g/mol. The van der Waals surface area contributed by atoms with E-state index in [1.807, 2.05) is 67.9 Å². The van der Waals surface area contributed by atoms with Gasteiger partial charge in [0, 0.05) is 23.2 Å². The van der Waals surface area contributed by atoms with Crippen molar-refractivity contribution >= 4 is 99.0 Å². The summed E-state index contributed by atoms with van der Waals surface area (Å²) < 4.78 is 18.7. The first-order chi connectivity index (χ1) is 31.9. The number of nitrogens with two attached hydrogens (primary N) is 4. The molecule has 11 rings (SSSR count). The molecule has 0 radical (unpaired) electrons. The van der Waals surface area contributed by atoms with Crippen LogP contribution in [0, 0.1) is 10.8 Å². The van der Waals surface area contributed by atoms with Gasteiger partial charge in [-0.1, -0.05) is 38.1 Å². The Morgan fingerprint density at radius 3 is 1.66 bits per heavy atom. The molecule has 0 amide bonds. The molecule has 3 aliphatic rings. The van der Waals surface area contributed by atoms with Gasteiger partial charge in [-0.15, -0.1) is 0 Å². The highest BCUT2D eigenvalue weighted by Gasteiger charge is 2.59. The van der Waals surface area contributed by atoms with Gasteiger partial charge < -0.3 is 51.8 Å². The first-order valence-electron chi connectivity index (χ1n) is 22.5. The van der Waals surface area contributed by atoms with Crippen LogP contribution in [-0.4, -0.2) is 79.5 Å². The molecule has 1 aliphatic heterocycles. The van der Waals surface area contributed by atoms with E-state index in [9.17, 15) is 10.2 Å². The zero-order valence-corrected chi connectivity index (χ0v) is 40.8. The molecule has 6 aromatic heterocycles. The Labute approximate surface area is 403 Å². The van der Waals surface area contributed by atoms with Crippen molar-refractivity contribution in [3.63, 3.8) is 0 Å². The van der Waals surface area contributed by atoms with Crippen LogP contribution in [0.2, 0.25) is 0 Å². The number of hydrogen-bond acceptors (Lipinski definition) is 14. The predicted molar refractivity (Wildman–Crippen MR) is 268 cm³/mol. The van der Waals surface area contributed by atoms with Gasteiger partial charge in [-0.3, -0.25) is 0 Å². The normalized spacial score (nSPS) is 26.7. The molecule has 0 spiro atoms. The molecule has 18 heteroatoms. The Kier molecular flexibility index (Phi) is 11.4. The number of hydrogen-bond donors (Lipinski definition) is 6. The summed E-state index contributed by atoms with van der Waals surface area (Å²) in [6.45, 7) is 8.34. The number of halogens is 2. The third-order valence-electron chi connectivity index (χ3n) is 14.5. The van der Waals surface area contributed by atoms with Gasteiger partial charge in [0.2, 0.25) is 0 Å². The fourth-order valence-corrected chi connectivity index (χ4v) is 11.4. The summed E-state index contributed by atoms with van der Waals surface area (Å²) in [6.07, 6.45) is 9.87. The van der Waals surface area contributed by atoms with Crippen LogP contribution in [0.25, 0.3) is 43.9 Å². The molecule has 8 aromatic rings. The molecule has 2 aromatic carbocycles. The molecule has 2 aliphatic carbocycles. The molecule has 67 heavy (non-hydrogen) atoms. The van der Waals surface area contributed by atoms with Gasteiger partial charge in [-0.2, -0.15) is 0 Å². The molecule has 0 unspecified atom stereocenters. The van der Waals surface area contributed by atoms with Crippen molar-refractivity contribution in [2.45, 2.75) is 109 Å². The molecule has 7 heterocycles. The maximum absolute atomic E-state index is 11.0. The standard InChI is InChI=1S/C26H29BrN6O2.C23H25BrN6O2/c1-25(2)34-20-19(33-9-7-16-22(28)30-13-31-24(16)33)12-26(3,21(20)35-25)8-6-14-4-5-15-11-17(27)23(29)32-18(15)10-14;1-23(6-4-12-2-3-13-9-15(24)21(26)29-16(13)8-12)10-17(18(31)19(23)32)30-7-5-14-20(25)27-11-28-22(14)30/h4-5,7,9-11,13,19-21H,6,8,12H2,1-3H3,(H2,29,32)(H2,28,30,31);2-3,5,7-9,11,17-19,31-32H,4,6,10H2,1H3,(H2,26,29)(H2,25,27,28)/t19-,20+,21+,26+;17-,18+,19+,23+/m11/s1. The fraction of sp³-hybridized carbons (Fsp3) is 0.388. The molecule has 1 saturated heterocycles. The topological polar surface area (TPSA) is 250 Å². The summed E-state index contributed by atoms with van der Waals surface area (Å²) in [6, 6.07) is 20.2. The van der Waals surface area contributed by atoms with E-state index in [-0.39, 0.29) is 29.7 Å². The van der Waals surface area contributed by atoms with Gasteiger partial charge in [0.05, 0.1) is 55.0 Å². The summed E-state index contributed by atoms with van der Waals surface area (Å²) in [7, 11) is 0. The lowest BCUT2D eigenvalue weighted by Gasteiger charge is -2.32. The molecule has 3 fully saturated rings. The predicted octanol–water partition coefficient (Wildman–Crippen LogP) is 8.22. The minimum atomic E-state index is -0.901. The Morgan fingerprint density at radius 2 is 1.12 bits per heavy atom. The average Bonchev–Trinajstić information content (AvgIpc) is 4.10. The van der Waals surface area contributed by atoms with Gasteiger partial charge >= 0.3 is 0 Å². The second kappa shape index (κ2) is 16.9. The van der Waals surface area contributed by atoms with Crippen LogP contribution >= 0.6 is 31.9 Å². The summed E-state index contributed by atoms with van der Waals surface area (Å²) in [4.78, 5) is 26.1. The highest BCUT2D eigenvalue weighted by atomic mass is 79.9. The molecule has 2 saturated carbocycles. The number of pyridine rings is 2. The van der Waals surface area contributed by atoms with Gasteiger partial charge in [-0.25, -0.2) is 29.9 Å². The second-order valence-electron chi connectivity index (χ2n) is 19.5. The van der Waals surface area contributed by atoms with Crippen molar-refractivity contribution in [3.05, 3.63) is 106 Å². The molecule has 0 bridgehead atoms. The lowest BCUT2D eigenvalue weighted by molar-refractivity contribution is -0.168.